The third-order valence-corrected chi connectivity index (χ3v) is 3.09. The van der Waals surface area contributed by atoms with E-state index in [4.69, 9.17) is 0 Å². The summed E-state index contributed by atoms with van der Waals surface area (Å²) in [5, 5.41) is 0. The highest BCUT2D eigenvalue weighted by atomic mass is 28.3. The summed E-state index contributed by atoms with van der Waals surface area (Å²) in [6, 6.07) is 1.28. The molecule has 0 saturated heterocycles. The molecule has 0 fully saturated rings. The zero-order chi connectivity index (χ0) is 8.36. The van der Waals surface area contributed by atoms with E-state index in [0.717, 1.165) is 0 Å². The minimum atomic E-state index is -0.883. The van der Waals surface area contributed by atoms with E-state index in [1.165, 1.54) is 11.6 Å². The maximum Gasteiger partial charge on any atom is 0.0483 e. The van der Waals surface area contributed by atoms with Gasteiger partial charge in [0.2, 0.25) is 0 Å². The molecular formula is C9H20Si. The van der Waals surface area contributed by atoms with Crippen LogP contribution >= 0.6 is 0 Å². The van der Waals surface area contributed by atoms with E-state index >= 15 is 0 Å². The Morgan fingerprint density at radius 3 is 1.80 bits per heavy atom. The molecule has 0 heterocycles. The van der Waals surface area contributed by atoms with Gasteiger partial charge in [-0.2, -0.15) is 0 Å². The van der Waals surface area contributed by atoms with Gasteiger partial charge in [0.05, 0.1) is 0 Å². The second kappa shape index (κ2) is 3.38. The zero-order valence-electron chi connectivity index (χ0n) is 7.99. The van der Waals surface area contributed by atoms with Gasteiger partial charge in [0.25, 0.3) is 0 Å². The molecule has 0 bridgehead atoms. The molecule has 0 aliphatic rings. The Morgan fingerprint density at radius 2 is 1.70 bits per heavy atom. The number of allylic oxidation sites excluding steroid dienone is 1. The minimum Gasteiger partial charge on any atom is -0.0999 e. The van der Waals surface area contributed by atoms with E-state index in [-0.39, 0.29) is 0 Å². The number of rotatable bonds is 3. The molecule has 0 atom stereocenters. The van der Waals surface area contributed by atoms with Crippen LogP contribution in [0.15, 0.2) is 12.2 Å². The monoisotopic (exact) mass is 156 g/mol. The lowest BCUT2D eigenvalue weighted by Crippen LogP contribution is -2.20. The summed E-state index contributed by atoms with van der Waals surface area (Å²) in [7, 11) is -0.883. The van der Waals surface area contributed by atoms with Crippen LogP contribution in [0.1, 0.15) is 13.8 Å². The summed E-state index contributed by atoms with van der Waals surface area (Å²) in [5.41, 5.74) is 1.43. The third-order valence-electron chi connectivity index (χ3n) is 1.57. The minimum absolute atomic E-state index is 0.673. The molecule has 0 spiro atoms. The van der Waals surface area contributed by atoms with Crippen LogP contribution in [0.25, 0.3) is 0 Å². The van der Waals surface area contributed by atoms with E-state index < -0.39 is 8.07 Å². The van der Waals surface area contributed by atoms with E-state index in [9.17, 15) is 0 Å². The fourth-order valence-electron chi connectivity index (χ4n) is 0.885. The Bertz CT molecular complexity index is 117. The molecule has 0 aliphatic heterocycles. The average Bonchev–Trinajstić information content (AvgIpc) is 1.60. The summed E-state index contributed by atoms with van der Waals surface area (Å²) >= 11 is 0. The molecule has 0 unspecified atom stereocenters. The lowest BCUT2D eigenvalue weighted by molar-refractivity contribution is 0.769. The molecule has 0 aromatic carbocycles. The first kappa shape index (κ1) is 9.96. The molecule has 0 amide bonds. The van der Waals surface area contributed by atoms with Gasteiger partial charge < -0.3 is 0 Å². The molecule has 0 aromatic rings. The predicted octanol–water partition coefficient (Wildman–Crippen LogP) is 3.54. The maximum atomic E-state index is 4.07. The standard InChI is InChI=1S/C9H20Si/c1-8(2)9(3)7-10(4,5)6/h8H,3,7H2,1-2,4-6H3. The average molecular weight is 156 g/mol. The maximum absolute atomic E-state index is 4.07. The van der Waals surface area contributed by atoms with Crippen molar-refractivity contribution in [2.45, 2.75) is 39.5 Å². The van der Waals surface area contributed by atoms with Crippen LogP contribution in [0.3, 0.4) is 0 Å². The summed E-state index contributed by atoms with van der Waals surface area (Å²) in [6.45, 7) is 15.7. The van der Waals surface area contributed by atoms with Gasteiger partial charge in [0.15, 0.2) is 0 Å². The lowest BCUT2D eigenvalue weighted by atomic mass is 10.1. The fourth-order valence-corrected chi connectivity index (χ4v) is 2.66. The second-order valence-corrected chi connectivity index (χ2v) is 10.0. The van der Waals surface area contributed by atoms with Crippen LogP contribution in [0, 0.1) is 5.92 Å². The molecular weight excluding hydrogens is 136 g/mol. The van der Waals surface area contributed by atoms with E-state index in [1.807, 2.05) is 0 Å². The molecule has 0 aliphatic carbocycles. The molecule has 0 saturated carbocycles. The molecule has 0 aromatic heterocycles. The molecule has 0 radical (unpaired) electrons. The van der Waals surface area contributed by atoms with Gasteiger partial charge in [-0.3, -0.25) is 0 Å². The van der Waals surface area contributed by atoms with Crippen molar-refractivity contribution >= 4 is 8.07 Å². The normalized spacial score (nSPS) is 12.2. The quantitative estimate of drug-likeness (QED) is 0.433. The summed E-state index contributed by atoms with van der Waals surface area (Å²) in [4.78, 5) is 0. The number of hydrogen-bond donors (Lipinski definition) is 0. The highest BCUT2D eigenvalue weighted by Gasteiger charge is 2.15. The Balaban J connectivity index is 3.81. The molecule has 60 valence electrons. The highest BCUT2D eigenvalue weighted by molar-refractivity contribution is 6.76. The van der Waals surface area contributed by atoms with Crippen LogP contribution in [-0.4, -0.2) is 8.07 Å². The van der Waals surface area contributed by atoms with Crippen molar-refractivity contribution in [2.24, 2.45) is 5.92 Å². The highest BCUT2D eigenvalue weighted by Crippen LogP contribution is 2.20. The van der Waals surface area contributed by atoms with Crippen molar-refractivity contribution in [1.82, 2.24) is 0 Å². The van der Waals surface area contributed by atoms with Crippen LogP contribution in [0.4, 0.5) is 0 Å². The Hall–Kier alpha value is -0.0431. The van der Waals surface area contributed by atoms with Crippen LogP contribution < -0.4 is 0 Å². The lowest BCUT2D eigenvalue weighted by Gasteiger charge is -2.19. The van der Waals surface area contributed by atoms with Crippen molar-refractivity contribution in [3.63, 3.8) is 0 Å². The van der Waals surface area contributed by atoms with Gasteiger partial charge in [0, 0.05) is 8.07 Å². The van der Waals surface area contributed by atoms with E-state index in [2.05, 4.69) is 40.1 Å². The number of hydrogen-bond acceptors (Lipinski definition) is 0. The first-order valence-corrected chi connectivity index (χ1v) is 7.71. The first-order chi connectivity index (χ1) is 4.33. The molecule has 0 rings (SSSR count). The van der Waals surface area contributed by atoms with Gasteiger partial charge in [0.1, 0.15) is 0 Å². The summed E-state index contributed by atoms with van der Waals surface area (Å²) in [5.74, 6) is 0.673. The molecule has 0 nitrogen and oxygen atoms in total. The van der Waals surface area contributed by atoms with Crippen molar-refractivity contribution in [2.75, 3.05) is 0 Å². The van der Waals surface area contributed by atoms with Gasteiger partial charge in [-0.15, -0.1) is 0 Å². The zero-order valence-corrected chi connectivity index (χ0v) is 8.99. The largest absolute Gasteiger partial charge is 0.0999 e. The first-order valence-electron chi connectivity index (χ1n) is 4.00. The topological polar surface area (TPSA) is 0 Å². The molecule has 0 N–H and O–H groups in total. The van der Waals surface area contributed by atoms with Gasteiger partial charge >= 0.3 is 0 Å². The summed E-state index contributed by atoms with van der Waals surface area (Å²) < 4.78 is 0. The summed E-state index contributed by atoms with van der Waals surface area (Å²) in [6.07, 6.45) is 0. The second-order valence-electron chi connectivity index (χ2n) is 4.55. The van der Waals surface area contributed by atoms with Gasteiger partial charge in [-0.05, 0) is 12.0 Å². The third kappa shape index (κ3) is 4.80. The van der Waals surface area contributed by atoms with Crippen LogP contribution in [0.5, 0.6) is 0 Å². The van der Waals surface area contributed by atoms with E-state index in [0.29, 0.717) is 5.92 Å². The van der Waals surface area contributed by atoms with Gasteiger partial charge in [-0.1, -0.05) is 45.6 Å². The Labute approximate surface area is 66.4 Å². The van der Waals surface area contributed by atoms with E-state index in [1.54, 1.807) is 0 Å². The van der Waals surface area contributed by atoms with Crippen LogP contribution in [-0.2, 0) is 0 Å². The smallest absolute Gasteiger partial charge is 0.0483 e. The fraction of sp³-hybridized carbons (Fsp3) is 0.778. The molecule has 1 heteroatoms. The van der Waals surface area contributed by atoms with Crippen molar-refractivity contribution in [3.8, 4) is 0 Å². The van der Waals surface area contributed by atoms with Crippen molar-refractivity contribution in [1.29, 1.82) is 0 Å². The van der Waals surface area contributed by atoms with Crippen molar-refractivity contribution < 1.29 is 0 Å². The predicted molar refractivity (Wildman–Crippen MR) is 52.1 cm³/mol. The van der Waals surface area contributed by atoms with Gasteiger partial charge in [-0.25, -0.2) is 0 Å². The Morgan fingerprint density at radius 1 is 1.30 bits per heavy atom. The molecule has 10 heavy (non-hydrogen) atoms. The van der Waals surface area contributed by atoms with Crippen LogP contribution in [0.2, 0.25) is 25.7 Å². The van der Waals surface area contributed by atoms with Crippen molar-refractivity contribution in [3.05, 3.63) is 12.2 Å². The Kier molecular flexibility index (Phi) is 3.36. The SMILES string of the molecule is C=C(C[Si](C)(C)C)C(C)C.